The van der Waals surface area contributed by atoms with Crippen molar-refractivity contribution in [2.45, 2.75) is 13.0 Å². The maximum absolute atomic E-state index is 12.3. The van der Waals surface area contributed by atoms with Crippen molar-refractivity contribution in [1.29, 1.82) is 0 Å². The molecule has 0 radical (unpaired) electrons. The van der Waals surface area contributed by atoms with Crippen LogP contribution < -0.4 is 4.74 Å². The molecule has 2 rings (SSSR count). The fraction of sp³-hybridized carbons (Fsp3) is 0.462. The van der Waals surface area contributed by atoms with E-state index in [1.807, 2.05) is 6.92 Å². The van der Waals surface area contributed by atoms with E-state index in [1.54, 1.807) is 4.90 Å². The molecule has 1 saturated heterocycles. The lowest BCUT2D eigenvalue weighted by Crippen LogP contribution is -2.44. The van der Waals surface area contributed by atoms with E-state index in [0.717, 1.165) is 0 Å². The Bertz CT molecular complexity index is 531. The first-order valence-electron chi connectivity index (χ1n) is 6.26. The number of benzene rings is 1. The van der Waals surface area contributed by atoms with Gasteiger partial charge in [0.25, 0.3) is 5.91 Å². The van der Waals surface area contributed by atoms with Gasteiger partial charge in [0.15, 0.2) is 5.75 Å². The van der Waals surface area contributed by atoms with E-state index in [-0.39, 0.29) is 29.0 Å². The fourth-order valence-electron chi connectivity index (χ4n) is 2.15. The molecule has 0 saturated carbocycles. The zero-order chi connectivity index (χ0) is 14.7. The maximum atomic E-state index is 12.3. The van der Waals surface area contributed by atoms with E-state index >= 15 is 0 Å². The van der Waals surface area contributed by atoms with Crippen LogP contribution in [0.5, 0.6) is 5.75 Å². The van der Waals surface area contributed by atoms with Crippen LogP contribution in [0.3, 0.4) is 0 Å². The van der Waals surface area contributed by atoms with Crippen molar-refractivity contribution in [3.8, 4) is 5.75 Å². The molecule has 1 fully saturated rings. The molecule has 1 amide bonds. The predicted molar refractivity (Wildman–Crippen MR) is 71.0 cm³/mol. The number of ether oxygens (including phenoxy) is 2. The lowest BCUT2D eigenvalue weighted by atomic mass is 10.1. The van der Waals surface area contributed by atoms with Crippen molar-refractivity contribution in [1.82, 2.24) is 4.90 Å². The summed E-state index contributed by atoms with van der Waals surface area (Å²) in [5, 5.41) is 11.0. The molecule has 1 aliphatic rings. The molecule has 0 spiro atoms. The maximum Gasteiger partial charge on any atom is 0.311 e. The van der Waals surface area contributed by atoms with Crippen LogP contribution in [0.2, 0.25) is 0 Å². The first-order valence-corrected chi connectivity index (χ1v) is 6.26. The number of nitro benzene ring substituents is 1. The predicted octanol–water partition coefficient (Wildman–Crippen LogP) is 1.46. The van der Waals surface area contributed by atoms with Crippen LogP contribution >= 0.6 is 0 Å². The molecule has 1 atom stereocenters. The van der Waals surface area contributed by atoms with Gasteiger partial charge in [-0.2, -0.15) is 0 Å². The molecule has 1 aromatic rings. The number of amides is 1. The van der Waals surface area contributed by atoms with Gasteiger partial charge in [0.1, 0.15) is 0 Å². The molecule has 0 bridgehead atoms. The van der Waals surface area contributed by atoms with E-state index in [2.05, 4.69) is 0 Å². The van der Waals surface area contributed by atoms with Gasteiger partial charge in [0.2, 0.25) is 0 Å². The average Bonchev–Trinajstić information content (AvgIpc) is 2.45. The number of morpholine rings is 1. The SMILES string of the molecule is COc1ccc(C(=O)N2CCOC(C)C2)cc1[N+](=O)[O-]. The summed E-state index contributed by atoms with van der Waals surface area (Å²) in [6.07, 6.45) is -0.0269. The van der Waals surface area contributed by atoms with E-state index in [4.69, 9.17) is 9.47 Å². The normalized spacial score (nSPS) is 18.7. The third kappa shape index (κ3) is 2.88. The van der Waals surface area contributed by atoms with E-state index < -0.39 is 4.92 Å². The molecule has 7 heteroatoms. The van der Waals surface area contributed by atoms with Crippen molar-refractivity contribution >= 4 is 11.6 Å². The van der Waals surface area contributed by atoms with E-state index in [9.17, 15) is 14.9 Å². The van der Waals surface area contributed by atoms with Crippen LogP contribution in [0.25, 0.3) is 0 Å². The molecular formula is C13H16N2O5. The second-order valence-electron chi connectivity index (χ2n) is 4.58. The molecule has 0 N–H and O–H groups in total. The summed E-state index contributed by atoms with van der Waals surface area (Å²) in [4.78, 5) is 24.4. The minimum absolute atomic E-state index is 0.0269. The highest BCUT2D eigenvalue weighted by atomic mass is 16.6. The van der Waals surface area contributed by atoms with Crippen LogP contribution in [0, 0.1) is 10.1 Å². The summed E-state index contributed by atoms with van der Waals surface area (Å²) >= 11 is 0. The van der Waals surface area contributed by atoms with Gasteiger partial charge in [-0.1, -0.05) is 0 Å². The summed E-state index contributed by atoms with van der Waals surface area (Å²) < 4.78 is 10.3. The summed E-state index contributed by atoms with van der Waals surface area (Å²) in [6.45, 7) is 3.34. The molecule has 0 aromatic heterocycles. The highest BCUT2D eigenvalue weighted by molar-refractivity contribution is 5.95. The zero-order valence-electron chi connectivity index (χ0n) is 11.4. The Balaban J connectivity index is 2.26. The largest absolute Gasteiger partial charge is 0.490 e. The quantitative estimate of drug-likeness (QED) is 0.618. The molecule has 1 unspecified atom stereocenters. The van der Waals surface area contributed by atoms with Crippen molar-refractivity contribution in [2.24, 2.45) is 0 Å². The first-order chi connectivity index (χ1) is 9.52. The fourth-order valence-corrected chi connectivity index (χ4v) is 2.15. The Labute approximate surface area is 116 Å². The Morgan fingerprint density at radius 1 is 1.55 bits per heavy atom. The molecular weight excluding hydrogens is 264 g/mol. The van der Waals surface area contributed by atoms with E-state index in [0.29, 0.717) is 19.7 Å². The Hall–Kier alpha value is -2.15. The van der Waals surface area contributed by atoms with Crippen LogP contribution in [-0.4, -0.2) is 48.6 Å². The number of methoxy groups -OCH3 is 1. The van der Waals surface area contributed by atoms with Crippen molar-refractivity contribution in [3.63, 3.8) is 0 Å². The zero-order valence-corrected chi connectivity index (χ0v) is 11.4. The second kappa shape index (κ2) is 5.87. The van der Waals surface area contributed by atoms with Gasteiger partial charge in [-0.25, -0.2) is 0 Å². The number of carbonyl (C=O) groups excluding carboxylic acids is 1. The Morgan fingerprint density at radius 2 is 2.30 bits per heavy atom. The summed E-state index contributed by atoms with van der Waals surface area (Å²) in [7, 11) is 1.35. The topological polar surface area (TPSA) is 81.9 Å². The number of nitro groups is 1. The molecule has 1 aliphatic heterocycles. The van der Waals surface area contributed by atoms with Crippen molar-refractivity contribution in [2.75, 3.05) is 26.8 Å². The summed E-state index contributed by atoms with van der Waals surface area (Å²) in [5.41, 5.74) is 0.0752. The lowest BCUT2D eigenvalue weighted by molar-refractivity contribution is -0.385. The van der Waals surface area contributed by atoms with Crippen LogP contribution in [0.4, 0.5) is 5.69 Å². The monoisotopic (exact) mass is 280 g/mol. The lowest BCUT2D eigenvalue weighted by Gasteiger charge is -2.31. The molecule has 108 valence electrons. The number of rotatable bonds is 3. The third-order valence-corrected chi connectivity index (χ3v) is 3.15. The van der Waals surface area contributed by atoms with Gasteiger partial charge < -0.3 is 14.4 Å². The second-order valence-corrected chi connectivity index (χ2v) is 4.58. The minimum Gasteiger partial charge on any atom is -0.490 e. The van der Waals surface area contributed by atoms with Crippen LogP contribution in [0.15, 0.2) is 18.2 Å². The van der Waals surface area contributed by atoms with Crippen LogP contribution in [-0.2, 0) is 4.74 Å². The standard InChI is InChI=1S/C13H16N2O5/c1-9-8-14(5-6-20-9)13(16)10-3-4-12(19-2)11(7-10)15(17)18/h3-4,7,9H,5-6,8H2,1-2H3. The number of nitrogens with zero attached hydrogens (tertiary/aromatic N) is 2. The van der Waals surface area contributed by atoms with Gasteiger partial charge in [-0.15, -0.1) is 0 Å². The third-order valence-electron chi connectivity index (χ3n) is 3.15. The Morgan fingerprint density at radius 3 is 2.90 bits per heavy atom. The Kier molecular flexibility index (Phi) is 4.19. The van der Waals surface area contributed by atoms with Crippen LogP contribution in [0.1, 0.15) is 17.3 Å². The number of hydrogen-bond donors (Lipinski definition) is 0. The molecule has 1 aromatic carbocycles. The first kappa shape index (κ1) is 14.3. The van der Waals surface area contributed by atoms with Crippen molar-refractivity contribution in [3.05, 3.63) is 33.9 Å². The number of carbonyl (C=O) groups is 1. The molecule has 0 aliphatic carbocycles. The van der Waals surface area contributed by atoms with Gasteiger partial charge in [-0.3, -0.25) is 14.9 Å². The van der Waals surface area contributed by atoms with E-state index in [1.165, 1.54) is 25.3 Å². The molecule has 1 heterocycles. The average molecular weight is 280 g/mol. The summed E-state index contributed by atoms with van der Waals surface area (Å²) in [5.74, 6) is -0.0900. The van der Waals surface area contributed by atoms with Gasteiger partial charge in [-0.05, 0) is 19.1 Å². The molecule has 7 nitrogen and oxygen atoms in total. The van der Waals surface area contributed by atoms with Gasteiger partial charge >= 0.3 is 5.69 Å². The highest BCUT2D eigenvalue weighted by Gasteiger charge is 2.25. The van der Waals surface area contributed by atoms with Gasteiger partial charge in [0.05, 0.1) is 24.7 Å². The molecule has 20 heavy (non-hydrogen) atoms. The smallest absolute Gasteiger partial charge is 0.311 e. The van der Waals surface area contributed by atoms with Gasteiger partial charge in [0, 0.05) is 24.7 Å². The summed E-state index contributed by atoms with van der Waals surface area (Å²) in [6, 6.07) is 4.23. The number of hydrogen-bond acceptors (Lipinski definition) is 5. The van der Waals surface area contributed by atoms with Crippen molar-refractivity contribution < 1.29 is 19.2 Å². The highest BCUT2D eigenvalue weighted by Crippen LogP contribution is 2.28. The minimum atomic E-state index is -0.558.